The van der Waals surface area contributed by atoms with E-state index in [-0.39, 0.29) is 18.1 Å². The molecule has 0 spiro atoms. The van der Waals surface area contributed by atoms with Crippen LogP contribution in [0.3, 0.4) is 0 Å². The maximum atomic E-state index is 12.9. The summed E-state index contributed by atoms with van der Waals surface area (Å²) in [4.78, 5) is 30.3. The number of amides is 1. The van der Waals surface area contributed by atoms with Gasteiger partial charge in [-0.2, -0.15) is 0 Å². The summed E-state index contributed by atoms with van der Waals surface area (Å²) in [5.41, 5.74) is 3.25. The molecule has 0 radical (unpaired) electrons. The number of aliphatic hydroxyl groups excluding tert-OH is 1. The minimum atomic E-state index is -0.456. The first-order valence-electron chi connectivity index (χ1n) is 9.56. The van der Waals surface area contributed by atoms with Crippen molar-refractivity contribution in [2.24, 2.45) is 0 Å². The predicted molar refractivity (Wildman–Crippen MR) is 118 cm³/mol. The van der Waals surface area contributed by atoms with E-state index >= 15 is 0 Å². The summed E-state index contributed by atoms with van der Waals surface area (Å²) in [5, 5.41) is 12.8. The third-order valence-corrected chi connectivity index (χ3v) is 5.84. The highest BCUT2D eigenvalue weighted by Crippen LogP contribution is 2.25. The number of carbonyl (C=O) groups excluding carboxylic acids is 1. The fourth-order valence-corrected chi connectivity index (χ4v) is 4.05. The molecule has 1 atom stereocenters. The van der Waals surface area contributed by atoms with Crippen LogP contribution in [0.5, 0.6) is 0 Å². The van der Waals surface area contributed by atoms with E-state index in [0.717, 1.165) is 16.8 Å². The Bertz CT molecular complexity index is 1070. The Labute approximate surface area is 174 Å². The van der Waals surface area contributed by atoms with Gasteiger partial charge in [0.1, 0.15) is 0 Å². The second-order valence-electron chi connectivity index (χ2n) is 6.96. The van der Waals surface area contributed by atoms with Crippen molar-refractivity contribution >= 4 is 34.3 Å². The Kier molecular flexibility index (Phi) is 6.71. The van der Waals surface area contributed by atoms with E-state index in [1.54, 1.807) is 29.7 Å². The Morgan fingerprint density at radius 3 is 2.55 bits per heavy atom. The summed E-state index contributed by atoms with van der Waals surface area (Å²) in [6.45, 7) is 6.04. The molecule has 1 heterocycles. The minimum absolute atomic E-state index is 0.0219. The Morgan fingerprint density at radius 2 is 1.86 bits per heavy atom. The number of rotatable bonds is 7. The number of benzene rings is 2. The van der Waals surface area contributed by atoms with E-state index in [4.69, 9.17) is 0 Å². The normalized spacial score (nSPS) is 12.1. The monoisotopic (exact) mass is 411 g/mol. The fourth-order valence-electron chi connectivity index (χ4n) is 3.11. The van der Waals surface area contributed by atoms with Gasteiger partial charge in [-0.05, 0) is 50.5 Å². The molecular formula is C22H25N3O3S. The summed E-state index contributed by atoms with van der Waals surface area (Å²) in [5.74, 6) is -0.150. The van der Waals surface area contributed by atoms with Gasteiger partial charge in [-0.15, -0.1) is 0 Å². The zero-order valence-electron chi connectivity index (χ0n) is 16.8. The second kappa shape index (κ2) is 9.24. The summed E-state index contributed by atoms with van der Waals surface area (Å²) < 4.78 is 1.55. The number of fused-ring (bicyclic) bond motifs is 1. The van der Waals surface area contributed by atoms with Crippen LogP contribution in [0.25, 0.3) is 10.9 Å². The lowest BCUT2D eigenvalue weighted by molar-refractivity contribution is -0.115. The number of nitrogens with one attached hydrogen (secondary N) is 1. The van der Waals surface area contributed by atoms with Crippen LogP contribution >= 0.6 is 11.8 Å². The van der Waals surface area contributed by atoms with Crippen LogP contribution in [0.1, 0.15) is 24.5 Å². The van der Waals surface area contributed by atoms with E-state index in [1.165, 1.54) is 11.8 Å². The molecule has 0 fully saturated rings. The first kappa shape index (κ1) is 21.1. The highest BCUT2D eigenvalue weighted by Gasteiger charge is 2.20. The molecule has 1 amide bonds. The molecule has 0 unspecified atom stereocenters. The average molecular weight is 412 g/mol. The zero-order valence-corrected chi connectivity index (χ0v) is 17.6. The lowest BCUT2D eigenvalue weighted by atomic mass is 10.1. The molecule has 0 bridgehead atoms. The number of para-hydroxylation sites is 2. The van der Waals surface area contributed by atoms with E-state index < -0.39 is 5.25 Å². The molecule has 0 aliphatic rings. The van der Waals surface area contributed by atoms with Gasteiger partial charge in [0.25, 0.3) is 5.56 Å². The van der Waals surface area contributed by atoms with Gasteiger partial charge in [0.05, 0.1) is 16.2 Å². The zero-order chi connectivity index (χ0) is 21.0. The van der Waals surface area contributed by atoms with Gasteiger partial charge >= 0.3 is 0 Å². The van der Waals surface area contributed by atoms with Crippen LogP contribution in [0.2, 0.25) is 0 Å². The topological polar surface area (TPSA) is 84.2 Å². The summed E-state index contributed by atoms with van der Waals surface area (Å²) in [6.07, 6.45) is 0.441. The van der Waals surface area contributed by atoms with Crippen molar-refractivity contribution in [3.05, 3.63) is 63.9 Å². The number of nitrogens with zero attached hydrogens (tertiary/aromatic N) is 2. The Morgan fingerprint density at radius 1 is 1.17 bits per heavy atom. The van der Waals surface area contributed by atoms with Gasteiger partial charge in [0, 0.05) is 18.8 Å². The molecule has 0 saturated carbocycles. The highest BCUT2D eigenvalue weighted by atomic mass is 32.2. The first-order chi connectivity index (χ1) is 13.9. The van der Waals surface area contributed by atoms with Crippen LogP contribution < -0.4 is 10.9 Å². The number of aromatic nitrogens is 2. The number of thioether (sulfide) groups is 1. The molecular weight excluding hydrogens is 386 g/mol. The lowest BCUT2D eigenvalue weighted by Crippen LogP contribution is -2.27. The SMILES string of the molecule is Cc1cccc(C)c1NC(=O)[C@H](C)Sc1nc2ccccc2c(=O)n1CCCO. The van der Waals surface area contributed by atoms with E-state index in [9.17, 15) is 14.7 Å². The molecule has 0 aliphatic carbocycles. The van der Waals surface area contributed by atoms with Gasteiger partial charge in [-0.1, -0.05) is 42.1 Å². The van der Waals surface area contributed by atoms with Crippen LogP contribution in [-0.2, 0) is 11.3 Å². The van der Waals surface area contributed by atoms with E-state index in [1.807, 2.05) is 38.1 Å². The van der Waals surface area contributed by atoms with Gasteiger partial charge in [0.2, 0.25) is 5.91 Å². The molecule has 2 aromatic carbocycles. The molecule has 3 aromatic rings. The van der Waals surface area contributed by atoms with Crippen LogP contribution in [0.15, 0.2) is 52.4 Å². The standard InChI is InChI=1S/C22H25N3O3S/c1-14-8-6-9-15(2)19(14)24-20(27)16(3)29-22-23-18-11-5-4-10-17(18)21(28)25(22)12-7-13-26/h4-6,8-11,16,26H,7,12-13H2,1-3H3,(H,24,27)/t16-/m0/s1. The summed E-state index contributed by atoms with van der Waals surface area (Å²) >= 11 is 1.25. The van der Waals surface area contributed by atoms with Crippen molar-refractivity contribution < 1.29 is 9.90 Å². The van der Waals surface area contributed by atoms with Crippen molar-refractivity contribution in [3.8, 4) is 0 Å². The van der Waals surface area contributed by atoms with Crippen molar-refractivity contribution in [2.45, 2.75) is 44.1 Å². The summed E-state index contributed by atoms with van der Waals surface area (Å²) in [7, 11) is 0. The molecule has 1 aromatic heterocycles. The first-order valence-corrected chi connectivity index (χ1v) is 10.4. The number of aliphatic hydroxyl groups is 1. The predicted octanol–water partition coefficient (Wildman–Crippen LogP) is 3.52. The van der Waals surface area contributed by atoms with Gasteiger partial charge in [-0.25, -0.2) is 4.98 Å². The molecule has 6 nitrogen and oxygen atoms in total. The van der Waals surface area contributed by atoms with Crippen molar-refractivity contribution in [3.63, 3.8) is 0 Å². The fraction of sp³-hybridized carbons (Fsp3) is 0.318. The third kappa shape index (κ3) is 4.68. The van der Waals surface area contributed by atoms with E-state index in [0.29, 0.717) is 29.0 Å². The van der Waals surface area contributed by atoms with Gasteiger partial charge in [0.15, 0.2) is 5.16 Å². The van der Waals surface area contributed by atoms with E-state index in [2.05, 4.69) is 10.3 Å². The largest absolute Gasteiger partial charge is 0.396 e. The number of anilines is 1. The van der Waals surface area contributed by atoms with Crippen LogP contribution in [0, 0.1) is 13.8 Å². The Balaban J connectivity index is 1.89. The molecule has 0 aliphatic heterocycles. The third-order valence-electron chi connectivity index (χ3n) is 4.75. The van der Waals surface area contributed by atoms with Gasteiger partial charge < -0.3 is 10.4 Å². The van der Waals surface area contributed by atoms with Crippen molar-refractivity contribution in [1.29, 1.82) is 0 Å². The quantitative estimate of drug-likeness (QED) is 0.459. The average Bonchev–Trinajstić information content (AvgIpc) is 2.70. The molecule has 7 heteroatoms. The minimum Gasteiger partial charge on any atom is -0.396 e. The smallest absolute Gasteiger partial charge is 0.262 e. The number of aryl methyl sites for hydroxylation is 2. The Hall–Kier alpha value is -2.64. The number of hydrogen-bond donors (Lipinski definition) is 2. The van der Waals surface area contributed by atoms with Crippen molar-refractivity contribution in [1.82, 2.24) is 9.55 Å². The second-order valence-corrected chi connectivity index (χ2v) is 8.27. The molecule has 2 N–H and O–H groups in total. The van der Waals surface area contributed by atoms with Crippen LogP contribution in [0.4, 0.5) is 5.69 Å². The maximum Gasteiger partial charge on any atom is 0.262 e. The number of hydrogen-bond acceptors (Lipinski definition) is 5. The maximum absolute atomic E-state index is 12.9. The summed E-state index contributed by atoms with van der Waals surface area (Å²) in [6, 6.07) is 13.0. The molecule has 152 valence electrons. The van der Waals surface area contributed by atoms with Crippen LogP contribution in [-0.4, -0.2) is 32.4 Å². The molecule has 0 saturated heterocycles. The molecule has 29 heavy (non-hydrogen) atoms. The molecule has 3 rings (SSSR count). The number of carbonyl (C=O) groups is 1. The lowest BCUT2D eigenvalue weighted by Gasteiger charge is -2.17. The highest BCUT2D eigenvalue weighted by molar-refractivity contribution is 8.00. The van der Waals surface area contributed by atoms with Gasteiger partial charge in [-0.3, -0.25) is 14.2 Å². The van der Waals surface area contributed by atoms with Crippen molar-refractivity contribution in [2.75, 3.05) is 11.9 Å².